The Hall–Kier alpha value is -1.33. The highest BCUT2D eigenvalue weighted by Crippen LogP contribution is 2.40. The zero-order chi connectivity index (χ0) is 16.3. The maximum Gasteiger partial charge on any atom is 0.230 e. The van der Waals surface area contributed by atoms with E-state index in [2.05, 4.69) is 11.9 Å². The molecule has 3 rings (SSSR count). The van der Waals surface area contributed by atoms with E-state index >= 15 is 0 Å². The molecule has 1 amide bonds. The van der Waals surface area contributed by atoms with Gasteiger partial charge in [0.25, 0.3) is 0 Å². The number of ether oxygens (including phenoxy) is 1. The number of hydrogen-bond donors (Lipinski definition) is 0. The second-order valence-electron chi connectivity index (χ2n) is 6.82. The van der Waals surface area contributed by atoms with Crippen LogP contribution in [0.25, 0.3) is 0 Å². The lowest BCUT2D eigenvalue weighted by atomic mass is 9.85. The Morgan fingerprint density at radius 3 is 2.83 bits per heavy atom. The number of piperidine rings is 1. The van der Waals surface area contributed by atoms with E-state index in [-0.39, 0.29) is 11.4 Å². The lowest BCUT2D eigenvalue weighted by Gasteiger charge is -2.45. The minimum absolute atomic E-state index is 0.182. The van der Waals surface area contributed by atoms with E-state index in [1.54, 1.807) is 6.26 Å². The number of furan rings is 1. The maximum atomic E-state index is 12.4. The molecule has 2 fully saturated rings. The first kappa shape index (κ1) is 16.5. The normalized spacial score (nSPS) is 24.4. The molecule has 1 aromatic heterocycles. The molecular formula is C18H28N2O3. The van der Waals surface area contributed by atoms with Gasteiger partial charge in [0.05, 0.1) is 19.3 Å². The maximum absolute atomic E-state index is 12.4. The molecule has 1 aromatic rings. The van der Waals surface area contributed by atoms with E-state index < -0.39 is 0 Å². The van der Waals surface area contributed by atoms with Gasteiger partial charge < -0.3 is 14.1 Å². The predicted molar refractivity (Wildman–Crippen MR) is 88.2 cm³/mol. The number of carbonyl (C=O) groups excluding carboxylic acids is 1. The number of carbonyl (C=O) groups is 1. The van der Waals surface area contributed by atoms with Crippen LogP contribution >= 0.6 is 0 Å². The van der Waals surface area contributed by atoms with E-state index in [9.17, 15) is 4.79 Å². The topological polar surface area (TPSA) is 45.9 Å². The minimum atomic E-state index is 0.182. The quantitative estimate of drug-likeness (QED) is 0.835. The van der Waals surface area contributed by atoms with Crippen LogP contribution in [-0.4, -0.2) is 60.6 Å². The minimum Gasteiger partial charge on any atom is -0.469 e. The van der Waals surface area contributed by atoms with Crippen LogP contribution in [0.5, 0.6) is 0 Å². The third kappa shape index (κ3) is 3.45. The van der Waals surface area contributed by atoms with Gasteiger partial charge in [-0.25, -0.2) is 0 Å². The lowest BCUT2D eigenvalue weighted by Crippen LogP contribution is -2.54. The predicted octanol–water partition coefficient (Wildman–Crippen LogP) is 2.31. The molecule has 23 heavy (non-hydrogen) atoms. The van der Waals surface area contributed by atoms with Gasteiger partial charge in [0.1, 0.15) is 5.76 Å². The molecule has 2 aliphatic rings. The van der Waals surface area contributed by atoms with Gasteiger partial charge in [-0.2, -0.15) is 0 Å². The van der Waals surface area contributed by atoms with E-state index in [0.717, 1.165) is 44.9 Å². The molecule has 0 radical (unpaired) electrons. The van der Waals surface area contributed by atoms with Gasteiger partial charge in [-0.15, -0.1) is 0 Å². The molecule has 1 spiro atoms. The van der Waals surface area contributed by atoms with Crippen molar-refractivity contribution in [3.05, 3.63) is 24.2 Å². The summed E-state index contributed by atoms with van der Waals surface area (Å²) in [5.41, 5.74) is 0.267. The largest absolute Gasteiger partial charge is 0.469 e. The van der Waals surface area contributed by atoms with Crippen molar-refractivity contribution in [2.75, 3.05) is 33.4 Å². The third-order valence-electron chi connectivity index (χ3n) is 5.71. The molecule has 2 aliphatic heterocycles. The third-order valence-corrected chi connectivity index (χ3v) is 5.71. The first-order valence-electron chi connectivity index (χ1n) is 8.75. The van der Waals surface area contributed by atoms with Crippen molar-refractivity contribution in [2.45, 2.75) is 50.6 Å². The molecule has 5 heteroatoms. The van der Waals surface area contributed by atoms with Crippen molar-refractivity contribution in [1.29, 1.82) is 0 Å². The van der Waals surface area contributed by atoms with E-state index in [1.807, 2.05) is 24.0 Å². The second-order valence-corrected chi connectivity index (χ2v) is 6.82. The molecule has 3 heterocycles. The van der Waals surface area contributed by atoms with Crippen LogP contribution in [-0.2, 0) is 16.0 Å². The molecule has 2 saturated heterocycles. The Bertz CT molecular complexity index is 506. The number of likely N-dealkylation sites (N-methyl/N-ethyl adjacent to an activating group) is 1. The molecule has 0 unspecified atom stereocenters. The molecule has 128 valence electrons. The number of likely N-dealkylation sites (tertiary alicyclic amines) is 2. The van der Waals surface area contributed by atoms with Crippen LogP contribution in [0.3, 0.4) is 0 Å². The zero-order valence-electron chi connectivity index (χ0n) is 14.3. The summed E-state index contributed by atoms with van der Waals surface area (Å²) < 4.78 is 10.9. The van der Waals surface area contributed by atoms with Crippen molar-refractivity contribution < 1.29 is 13.9 Å². The van der Waals surface area contributed by atoms with Crippen LogP contribution in [0, 0.1) is 0 Å². The van der Waals surface area contributed by atoms with Crippen molar-refractivity contribution in [3.8, 4) is 0 Å². The Labute approximate surface area is 138 Å². The smallest absolute Gasteiger partial charge is 0.230 e. The molecular weight excluding hydrogens is 292 g/mol. The average molecular weight is 320 g/mol. The van der Waals surface area contributed by atoms with Gasteiger partial charge in [0.2, 0.25) is 5.91 Å². The SMILES string of the molecule is CCOC[C@H]1CCC2(CCN(C(=O)Cc3ccco3)CC2)N1C. The summed E-state index contributed by atoms with van der Waals surface area (Å²) in [5.74, 6) is 0.936. The van der Waals surface area contributed by atoms with Crippen LogP contribution in [0.15, 0.2) is 22.8 Å². The van der Waals surface area contributed by atoms with Gasteiger partial charge in [-0.1, -0.05) is 0 Å². The number of amides is 1. The summed E-state index contributed by atoms with van der Waals surface area (Å²) in [7, 11) is 2.23. The van der Waals surface area contributed by atoms with Gasteiger partial charge >= 0.3 is 0 Å². The molecule has 1 atom stereocenters. The monoisotopic (exact) mass is 320 g/mol. The van der Waals surface area contributed by atoms with Crippen LogP contribution in [0.1, 0.15) is 38.4 Å². The molecule has 0 aromatic carbocycles. The van der Waals surface area contributed by atoms with Gasteiger partial charge in [-0.05, 0) is 51.8 Å². The van der Waals surface area contributed by atoms with Gasteiger partial charge in [0.15, 0.2) is 0 Å². The first-order valence-corrected chi connectivity index (χ1v) is 8.75. The Morgan fingerprint density at radius 2 is 2.17 bits per heavy atom. The van der Waals surface area contributed by atoms with Crippen molar-refractivity contribution in [2.24, 2.45) is 0 Å². The van der Waals surface area contributed by atoms with Crippen LogP contribution in [0.2, 0.25) is 0 Å². The summed E-state index contributed by atoms with van der Waals surface area (Å²) in [5, 5.41) is 0. The van der Waals surface area contributed by atoms with E-state index in [1.165, 1.54) is 12.8 Å². The fourth-order valence-corrected chi connectivity index (χ4v) is 4.09. The summed E-state index contributed by atoms with van der Waals surface area (Å²) in [4.78, 5) is 16.9. The molecule has 0 aliphatic carbocycles. The fraction of sp³-hybridized carbons (Fsp3) is 0.722. The first-order chi connectivity index (χ1) is 11.1. The van der Waals surface area contributed by atoms with Gasteiger partial charge in [-0.3, -0.25) is 9.69 Å². The number of nitrogens with zero attached hydrogens (tertiary/aromatic N) is 2. The lowest BCUT2D eigenvalue weighted by molar-refractivity contribution is -0.133. The van der Waals surface area contributed by atoms with Crippen molar-refractivity contribution in [1.82, 2.24) is 9.80 Å². The Kier molecular flexibility index (Phi) is 5.07. The summed E-state index contributed by atoms with van der Waals surface area (Å²) in [6.45, 7) is 5.37. The van der Waals surface area contributed by atoms with E-state index in [4.69, 9.17) is 9.15 Å². The van der Waals surface area contributed by atoms with Crippen LogP contribution < -0.4 is 0 Å². The summed E-state index contributed by atoms with van der Waals surface area (Å²) in [6.07, 6.45) is 6.56. The fourth-order valence-electron chi connectivity index (χ4n) is 4.09. The Morgan fingerprint density at radius 1 is 1.39 bits per heavy atom. The molecule has 0 saturated carbocycles. The van der Waals surface area contributed by atoms with Crippen LogP contribution in [0.4, 0.5) is 0 Å². The molecule has 0 N–H and O–H groups in total. The summed E-state index contributed by atoms with van der Waals surface area (Å²) >= 11 is 0. The standard InChI is InChI=1S/C18H28N2O3/c1-3-22-14-15-6-7-18(19(15)2)8-10-20(11-9-18)17(21)13-16-5-4-12-23-16/h4-5,12,15H,3,6-11,13-14H2,1-2H3/t15-/m1/s1. The number of rotatable bonds is 5. The Balaban J connectivity index is 1.53. The van der Waals surface area contributed by atoms with Crippen molar-refractivity contribution in [3.63, 3.8) is 0 Å². The molecule has 5 nitrogen and oxygen atoms in total. The highest BCUT2D eigenvalue weighted by molar-refractivity contribution is 5.78. The highest BCUT2D eigenvalue weighted by atomic mass is 16.5. The second kappa shape index (κ2) is 7.05. The number of hydrogen-bond acceptors (Lipinski definition) is 4. The molecule has 0 bridgehead atoms. The van der Waals surface area contributed by atoms with E-state index in [0.29, 0.717) is 12.5 Å². The van der Waals surface area contributed by atoms with Gasteiger partial charge in [0, 0.05) is 31.3 Å². The average Bonchev–Trinajstić information content (AvgIpc) is 3.17. The highest BCUT2D eigenvalue weighted by Gasteiger charge is 2.46. The summed E-state index contributed by atoms with van der Waals surface area (Å²) in [6, 6.07) is 4.23. The van der Waals surface area contributed by atoms with Crippen molar-refractivity contribution >= 4 is 5.91 Å². The zero-order valence-corrected chi connectivity index (χ0v) is 14.3.